The minimum absolute atomic E-state index is 0.0569. The largest absolute Gasteiger partial charge is 0.465 e. The van der Waals surface area contributed by atoms with Crippen LogP contribution in [0, 0.1) is 0 Å². The van der Waals surface area contributed by atoms with Gasteiger partial charge in [0.05, 0.1) is 25.3 Å². The molecule has 2 aliphatic rings. The van der Waals surface area contributed by atoms with Gasteiger partial charge in [-0.3, -0.25) is 0 Å². The Labute approximate surface area is 170 Å². The summed E-state index contributed by atoms with van der Waals surface area (Å²) < 4.78 is 32.1. The zero-order chi connectivity index (χ0) is 20.8. The van der Waals surface area contributed by atoms with E-state index in [0.29, 0.717) is 44.9 Å². The van der Waals surface area contributed by atoms with Crippen LogP contribution in [0.2, 0.25) is 0 Å². The first-order valence-electron chi connectivity index (χ1n) is 9.08. The molecule has 3 aromatic carbocycles. The number of benzene rings is 3. The summed E-state index contributed by atoms with van der Waals surface area (Å²) in [5.74, 6) is 0.826. The van der Waals surface area contributed by atoms with E-state index in [1.54, 1.807) is 36.4 Å². The van der Waals surface area contributed by atoms with Gasteiger partial charge in [-0.15, -0.1) is 0 Å². The Kier molecular flexibility index (Phi) is 4.13. The zero-order valence-corrected chi connectivity index (χ0v) is 16.1. The van der Waals surface area contributed by atoms with E-state index in [-0.39, 0.29) is 24.7 Å². The first-order chi connectivity index (χ1) is 14.6. The summed E-state index contributed by atoms with van der Waals surface area (Å²) >= 11 is 0. The van der Waals surface area contributed by atoms with Crippen LogP contribution in [-0.4, -0.2) is 39.7 Å². The van der Waals surface area contributed by atoms with Gasteiger partial charge in [0.25, 0.3) is 0 Å². The van der Waals surface area contributed by atoms with Crippen LogP contribution in [0.15, 0.2) is 36.4 Å². The smallest absolute Gasteiger partial charge is 0.339 e. The predicted molar refractivity (Wildman–Crippen MR) is 104 cm³/mol. The molecule has 0 saturated heterocycles. The van der Waals surface area contributed by atoms with Crippen LogP contribution in [0.3, 0.4) is 0 Å². The van der Waals surface area contributed by atoms with E-state index in [2.05, 4.69) is 0 Å². The maximum atomic E-state index is 12.9. The van der Waals surface area contributed by atoms with Crippen molar-refractivity contribution in [1.82, 2.24) is 0 Å². The second kappa shape index (κ2) is 6.84. The molecule has 0 saturated carbocycles. The van der Waals surface area contributed by atoms with E-state index < -0.39 is 11.9 Å². The molecular formula is C22H16O8. The Morgan fingerprint density at radius 3 is 2.30 bits per heavy atom. The average molecular weight is 408 g/mol. The molecule has 0 fully saturated rings. The standard InChI is InChI=1S/C22H16O8/c1-25-21(23)13-7-11-4-6-15-20(30-10-28-15)18(11)17(19(13)22(24)26-2)12-3-5-14-16(8-12)29-9-27-14/h3-8H,9-10H2,1-2H3. The van der Waals surface area contributed by atoms with Crippen molar-refractivity contribution in [2.24, 2.45) is 0 Å². The fraction of sp³-hybridized carbons (Fsp3) is 0.182. The molecule has 0 aliphatic carbocycles. The van der Waals surface area contributed by atoms with Crippen LogP contribution in [0.25, 0.3) is 21.9 Å². The number of rotatable bonds is 3. The fourth-order valence-corrected chi connectivity index (χ4v) is 3.78. The Hall–Kier alpha value is -3.94. The van der Waals surface area contributed by atoms with Crippen molar-refractivity contribution in [3.05, 3.63) is 47.5 Å². The lowest BCUT2D eigenvalue weighted by atomic mass is 9.88. The molecule has 2 heterocycles. The molecule has 8 nitrogen and oxygen atoms in total. The highest BCUT2D eigenvalue weighted by Gasteiger charge is 2.30. The Balaban J connectivity index is 1.93. The molecule has 152 valence electrons. The van der Waals surface area contributed by atoms with Crippen LogP contribution in [0.1, 0.15) is 20.7 Å². The van der Waals surface area contributed by atoms with Crippen molar-refractivity contribution < 1.29 is 38.0 Å². The molecule has 0 radical (unpaired) electrons. The Morgan fingerprint density at radius 2 is 1.50 bits per heavy atom. The van der Waals surface area contributed by atoms with E-state index >= 15 is 0 Å². The van der Waals surface area contributed by atoms with Gasteiger partial charge in [-0.05, 0) is 35.2 Å². The number of fused-ring (bicyclic) bond motifs is 4. The maximum absolute atomic E-state index is 12.9. The van der Waals surface area contributed by atoms with Gasteiger partial charge in [0, 0.05) is 10.9 Å². The topological polar surface area (TPSA) is 89.5 Å². The number of carbonyl (C=O) groups is 2. The van der Waals surface area contributed by atoms with E-state index in [1.807, 2.05) is 0 Å². The van der Waals surface area contributed by atoms with Crippen LogP contribution in [-0.2, 0) is 9.47 Å². The SMILES string of the molecule is COC(=O)c1cc2ccc3c(c2c(-c2ccc4c(c2)OCO4)c1C(=O)OC)OCO3. The second-order valence-electron chi connectivity index (χ2n) is 6.62. The first-order valence-corrected chi connectivity index (χ1v) is 9.08. The summed E-state index contributed by atoms with van der Waals surface area (Å²) in [7, 11) is 2.51. The second-order valence-corrected chi connectivity index (χ2v) is 6.62. The summed E-state index contributed by atoms with van der Waals surface area (Å²) in [5, 5.41) is 1.30. The molecule has 3 aromatic rings. The number of hydrogen-bond acceptors (Lipinski definition) is 8. The minimum Gasteiger partial charge on any atom is -0.465 e. The van der Waals surface area contributed by atoms with Crippen molar-refractivity contribution in [3.8, 4) is 34.1 Å². The van der Waals surface area contributed by atoms with Crippen molar-refractivity contribution in [2.45, 2.75) is 0 Å². The zero-order valence-electron chi connectivity index (χ0n) is 16.1. The third-order valence-electron chi connectivity index (χ3n) is 5.10. The lowest BCUT2D eigenvalue weighted by Crippen LogP contribution is -2.14. The molecule has 8 heteroatoms. The summed E-state index contributed by atoms with van der Waals surface area (Å²) in [6, 6.07) is 10.4. The van der Waals surface area contributed by atoms with Crippen LogP contribution in [0.5, 0.6) is 23.0 Å². The molecule has 0 amide bonds. The lowest BCUT2D eigenvalue weighted by Gasteiger charge is -2.17. The Bertz CT molecular complexity index is 1210. The molecule has 0 spiro atoms. The Morgan fingerprint density at radius 1 is 0.800 bits per heavy atom. The summed E-state index contributed by atoms with van der Waals surface area (Å²) in [5.41, 5.74) is 1.24. The van der Waals surface area contributed by atoms with Crippen LogP contribution < -0.4 is 18.9 Å². The van der Waals surface area contributed by atoms with Crippen LogP contribution >= 0.6 is 0 Å². The van der Waals surface area contributed by atoms with Gasteiger partial charge in [0.15, 0.2) is 23.0 Å². The van der Waals surface area contributed by atoms with E-state index in [9.17, 15) is 9.59 Å². The molecule has 5 rings (SSSR count). The van der Waals surface area contributed by atoms with Gasteiger partial charge in [-0.2, -0.15) is 0 Å². The van der Waals surface area contributed by atoms with Gasteiger partial charge < -0.3 is 28.4 Å². The highest BCUT2D eigenvalue weighted by atomic mass is 16.7. The third-order valence-corrected chi connectivity index (χ3v) is 5.10. The van der Waals surface area contributed by atoms with E-state index in [0.717, 1.165) is 0 Å². The van der Waals surface area contributed by atoms with Gasteiger partial charge in [0.2, 0.25) is 13.6 Å². The number of esters is 2. The average Bonchev–Trinajstić information content (AvgIpc) is 3.45. The first kappa shape index (κ1) is 18.1. The normalized spacial score (nSPS) is 13.4. The van der Waals surface area contributed by atoms with Gasteiger partial charge in [0.1, 0.15) is 0 Å². The molecule has 0 atom stereocenters. The fourth-order valence-electron chi connectivity index (χ4n) is 3.78. The third kappa shape index (κ3) is 2.61. The number of ether oxygens (including phenoxy) is 6. The molecule has 0 unspecified atom stereocenters. The quantitative estimate of drug-likeness (QED) is 0.608. The van der Waals surface area contributed by atoms with Crippen molar-refractivity contribution in [2.75, 3.05) is 27.8 Å². The molecule has 30 heavy (non-hydrogen) atoms. The van der Waals surface area contributed by atoms with Gasteiger partial charge >= 0.3 is 11.9 Å². The predicted octanol–water partition coefficient (Wildman–Crippen LogP) is 3.54. The minimum atomic E-state index is -0.679. The summed E-state index contributed by atoms with van der Waals surface area (Å²) in [6.07, 6.45) is 0. The molecule has 2 aliphatic heterocycles. The molecule has 0 N–H and O–H groups in total. The van der Waals surface area contributed by atoms with Crippen molar-refractivity contribution in [3.63, 3.8) is 0 Å². The van der Waals surface area contributed by atoms with Crippen molar-refractivity contribution >= 4 is 22.7 Å². The van der Waals surface area contributed by atoms with E-state index in [4.69, 9.17) is 28.4 Å². The molecule has 0 bridgehead atoms. The number of carbonyl (C=O) groups excluding carboxylic acids is 2. The monoisotopic (exact) mass is 408 g/mol. The highest BCUT2D eigenvalue weighted by Crippen LogP contribution is 2.47. The van der Waals surface area contributed by atoms with E-state index in [1.165, 1.54) is 14.2 Å². The highest BCUT2D eigenvalue weighted by molar-refractivity contribution is 6.17. The summed E-state index contributed by atoms with van der Waals surface area (Å²) in [4.78, 5) is 25.4. The van der Waals surface area contributed by atoms with Crippen LogP contribution in [0.4, 0.5) is 0 Å². The molecule has 0 aromatic heterocycles. The van der Waals surface area contributed by atoms with Gasteiger partial charge in [-0.25, -0.2) is 9.59 Å². The molecular weight excluding hydrogens is 392 g/mol. The van der Waals surface area contributed by atoms with Crippen molar-refractivity contribution in [1.29, 1.82) is 0 Å². The lowest BCUT2D eigenvalue weighted by molar-refractivity contribution is 0.0556. The maximum Gasteiger partial charge on any atom is 0.339 e. The number of hydrogen-bond donors (Lipinski definition) is 0. The van der Waals surface area contributed by atoms with Gasteiger partial charge in [-0.1, -0.05) is 12.1 Å². The summed E-state index contributed by atoms with van der Waals surface area (Å²) in [6.45, 7) is 0.166. The number of methoxy groups -OCH3 is 2.